The maximum Gasteiger partial charge on any atom is 0.257 e. The molecule has 0 aliphatic carbocycles. The number of halogens is 1. The number of carbonyl (C=O) groups is 2. The van der Waals surface area contributed by atoms with Gasteiger partial charge < -0.3 is 5.32 Å². The third kappa shape index (κ3) is 6.28. The predicted molar refractivity (Wildman–Crippen MR) is 118 cm³/mol. The van der Waals surface area contributed by atoms with Crippen LogP contribution in [0, 0.1) is 13.8 Å². The topological polar surface area (TPSA) is 84.0 Å². The number of hydrogen-bond donors (Lipinski definition) is 2. The molecule has 1 heterocycles. The monoisotopic (exact) mass is 446 g/mol. The first-order valence-corrected chi connectivity index (χ1v) is 10.9. The van der Waals surface area contributed by atoms with E-state index in [1.807, 2.05) is 50.2 Å². The zero-order valence-corrected chi connectivity index (χ0v) is 18.2. The van der Waals surface area contributed by atoms with Gasteiger partial charge in [-0.2, -0.15) is 0 Å². The van der Waals surface area contributed by atoms with Crippen LogP contribution in [0.1, 0.15) is 27.0 Å². The van der Waals surface area contributed by atoms with Gasteiger partial charge in [-0.15, -0.1) is 10.2 Å². The summed E-state index contributed by atoms with van der Waals surface area (Å²) >= 11 is 8.57. The molecule has 3 rings (SSSR count). The van der Waals surface area contributed by atoms with E-state index in [9.17, 15) is 9.59 Å². The zero-order chi connectivity index (χ0) is 20.8. The largest absolute Gasteiger partial charge is 0.351 e. The Labute approximate surface area is 182 Å². The van der Waals surface area contributed by atoms with Crippen LogP contribution in [0.5, 0.6) is 0 Å². The molecule has 0 bridgehead atoms. The van der Waals surface area contributed by atoms with Crippen molar-refractivity contribution in [1.82, 2.24) is 15.5 Å². The Morgan fingerprint density at radius 3 is 2.55 bits per heavy atom. The van der Waals surface area contributed by atoms with Crippen LogP contribution in [0.25, 0.3) is 0 Å². The number of anilines is 1. The molecule has 2 aromatic carbocycles. The second-order valence-electron chi connectivity index (χ2n) is 6.36. The molecule has 0 spiro atoms. The Hall–Kier alpha value is -2.42. The average Bonchev–Trinajstić information content (AvgIpc) is 3.12. The fraction of sp³-hybridized carbons (Fsp3) is 0.200. The zero-order valence-electron chi connectivity index (χ0n) is 15.9. The van der Waals surface area contributed by atoms with E-state index >= 15 is 0 Å². The van der Waals surface area contributed by atoms with Gasteiger partial charge in [-0.3, -0.25) is 14.9 Å². The number of benzene rings is 2. The van der Waals surface area contributed by atoms with Gasteiger partial charge in [0.1, 0.15) is 0 Å². The molecule has 1 aromatic heterocycles. The number of rotatable bonds is 7. The van der Waals surface area contributed by atoms with Crippen molar-refractivity contribution in [3.05, 3.63) is 69.7 Å². The number of aryl methyl sites for hydroxylation is 2. The minimum Gasteiger partial charge on any atom is -0.351 e. The van der Waals surface area contributed by atoms with E-state index in [2.05, 4.69) is 20.8 Å². The lowest BCUT2D eigenvalue weighted by atomic mass is 10.1. The minimum atomic E-state index is -0.234. The number of nitrogens with zero attached hydrogens (tertiary/aromatic N) is 2. The minimum absolute atomic E-state index is 0.133. The van der Waals surface area contributed by atoms with Gasteiger partial charge in [0, 0.05) is 17.1 Å². The summed E-state index contributed by atoms with van der Waals surface area (Å²) in [4.78, 5) is 24.4. The molecular formula is C20H19ClN4O2S2. The van der Waals surface area contributed by atoms with Gasteiger partial charge in [0.25, 0.3) is 5.91 Å². The van der Waals surface area contributed by atoms with E-state index in [4.69, 9.17) is 11.6 Å². The van der Waals surface area contributed by atoms with Crippen molar-refractivity contribution in [1.29, 1.82) is 0 Å². The molecule has 9 heteroatoms. The molecule has 29 heavy (non-hydrogen) atoms. The number of thioether (sulfide) groups is 1. The number of aromatic nitrogens is 2. The first-order valence-electron chi connectivity index (χ1n) is 8.77. The number of nitrogens with one attached hydrogen (secondary N) is 2. The van der Waals surface area contributed by atoms with Crippen molar-refractivity contribution in [3.8, 4) is 0 Å². The highest BCUT2D eigenvalue weighted by Crippen LogP contribution is 2.26. The van der Waals surface area contributed by atoms with Gasteiger partial charge in [-0.05, 0) is 37.6 Å². The van der Waals surface area contributed by atoms with Crippen molar-refractivity contribution < 1.29 is 9.59 Å². The van der Waals surface area contributed by atoms with Gasteiger partial charge in [0.05, 0.1) is 5.75 Å². The van der Waals surface area contributed by atoms with Crippen LogP contribution in [0.4, 0.5) is 5.13 Å². The molecular weight excluding hydrogens is 428 g/mol. The van der Waals surface area contributed by atoms with Crippen LogP contribution in [-0.4, -0.2) is 27.8 Å². The van der Waals surface area contributed by atoms with Gasteiger partial charge in [0.15, 0.2) is 4.34 Å². The van der Waals surface area contributed by atoms with Gasteiger partial charge >= 0.3 is 0 Å². The summed E-state index contributed by atoms with van der Waals surface area (Å²) in [6.45, 7) is 4.26. The highest BCUT2D eigenvalue weighted by atomic mass is 35.5. The summed E-state index contributed by atoms with van der Waals surface area (Å²) in [5.41, 5.74) is 3.48. The Balaban J connectivity index is 1.49. The molecule has 0 fully saturated rings. The van der Waals surface area contributed by atoms with Crippen LogP contribution < -0.4 is 10.6 Å². The quantitative estimate of drug-likeness (QED) is 0.413. The Kier molecular flexibility index (Phi) is 7.24. The fourth-order valence-electron chi connectivity index (χ4n) is 2.61. The first kappa shape index (κ1) is 21.3. The molecule has 0 aliphatic rings. The summed E-state index contributed by atoms with van der Waals surface area (Å²) in [7, 11) is 0. The Morgan fingerprint density at radius 2 is 1.83 bits per heavy atom. The molecule has 6 nitrogen and oxygen atoms in total. The molecule has 150 valence electrons. The summed E-state index contributed by atoms with van der Waals surface area (Å²) in [6, 6.07) is 13.0. The van der Waals surface area contributed by atoms with E-state index in [-0.39, 0.29) is 17.6 Å². The van der Waals surface area contributed by atoms with Crippen molar-refractivity contribution in [2.45, 2.75) is 24.7 Å². The second kappa shape index (κ2) is 9.87. The van der Waals surface area contributed by atoms with Crippen molar-refractivity contribution >= 4 is 51.6 Å². The van der Waals surface area contributed by atoms with Gasteiger partial charge in [-0.1, -0.05) is 70.1 Å². The maximum atomic E-state index is 12.4. The molecule has 3 aromatic rings. The van der Waals surface area contributed by atoms with E-state index in [0.29, 0.717) is 26.6 Å². The lowest BCUT2D eigenvalue weighted by Gasteiger charge is -2.06. The van der Waals surface area contributed by atoms with Crippen LogP contribution >= 0.6 is 34.7 Å². The van der Waals surface area contributed by atoms with Gasteiger partial charge in [0.2, 0.25) is 11.0 Å². The van der Waals surface area contributed by atoms with E-state index in [1.54, 1.807) is 6.07 Å². The van der Waals surface area contributed by atoms with E-state index in [1.165, 1.54) is 23.1 Å². The highest BCUT2D eigenvalue weighted by Gasteiger charge is 2.12. The molecule has 2 N–H and O–H groups in total. The SMILES string of the molecule is Cc1cc(C)cc(C(=O)Nc2nnc(SCC(=O)NCc3ccccc3Cl)s2)c1. The summed E-state index contributed by atoms with van der Waals surface area (Å²) < 4.78 is 0.605. The lowest BCUT2D eigenvalue weighted by molar-refractivity contribution is -0.118. The summed E-state index contributed by atoms with van der Waals surface area (Å²) in [5.74, 6) is -0.169. The fourth-order valence-corrected chi connectivity index (χ4v) is 4.39. The number of carbonyl (C=O) groups excluding carboxylic acids is 2. The van der Waals surface area contributed by atoms with Crippen LogP contribution in [0.2, 0.25) is 5.02 Å². The average molecular weight is 447 g/mol. The second-order valence-corrected chi connectivity index (χ2v) is 8.97. The van der Waals surface area contributed by atoms with Crippen LogP contribution in [0.3, 0.4) is 0 Å². The van der Waals surface area contributed by atoms with Crippen molar-refractivity contribution in [3.63, 3.8) is 0 Å². The molecule has 0 saturated heterocycles. The third-order valence-corrected chi connectivity index (χ3v) is 6.21. The first-order chi connectivity index (χ1) is 13.9. The van der Waals surface area contributed by atoms with Crippen molar-refractivity contribution in [2.24, 2.45) is 0 Å². The molecule has 0 atom stereocenters. The van der Waals surface area contributed by atoms with Crippen LogP contribution in [-0.2, 0) is 11.3 Å². The molecule has 0 saturated carbocycles. The summed E-state index contributed by atoms with van der Waals surface area (Å²) in [6.07, 6.45) is 0. The van der Waals surface area contributed by atoms with Crippen LogP contribution in [0.15, 0.2) is 46.8 Å². The Morgan fingerprint density at radius 1 is 1.10 bits per heavy atom. The molecule has 0 radical (unpaired) electrons. The predicted octanol–water partition coefficient (Wildman–Crippen LogP) is 4.47. The highest BCUT2D eigenvalue weighted by molar-refractivity contribution is 8.01. The molecule has 0 aliphatic heterocycles. The van der Waals surface area contributed by atoms with Crippen molar-refractivity contribution in [2.75, 3.05) is 11.1 Å². The summed E-state index contributed by atoms with van der Waals surface area (Å²) in [5, 5.41) is 14.6. The molecule has 0 unspecified atom stereocenters. The lowest BCUT2D eigenvalue weighted by Crippen LogP contribution is -2.24. The maximum absolute atomic E-state index is 12.4. The Bertz CT molecular complexity index is 1020. The van der Waals surface area contributed by atoms with Gasteiger partial charge in [-0.25, -0.2) is 0 Å². The standard InChI is InChI=1S/C20H19ClN4O2S2/c1-12-7-13(2)9-15(8-12)18(27)23-19-24-25-20(29-19)28-11-17(26)22-10-14-5-3-4-6-16(14)21/h3-9H,10-11H2,1-2H3,(H,22,26)(H,23,24,27). The normalized spacial score (nSPS) is 10.6. The van der Waals surface area contributed by atoms with E-state index < -0.39 is 0 Å². The third-order valence-electron chi connectivity index (χ3n) is 3.87. The number of hydrogen-bond acceptors (Lipinski definition) is 6. The van der Waals surface area contributed by atoms with E-state index in [0.717, 1.165) is 16.7 Å². The number of amides is 2. The smallest absolute Gasteiger partial charge is 0.257 e. The molecule has 2 amide bonds.